The van der Waals surface area contributed by atoms with Crippen molar-refractivity contribution in [3.8, 4) is 23.0 Å². The molecular formula is C28H23F. The first-order chi connectivity index (χ1) is 14.1. The predicted molar refractivity (Wildman–Crippen MR) is 120 cm³/mol. The Morgan fingerprint density at radius 3 is 2.14 bits per heavy atom. The van der Waals surface area contributed by atoms with Crippen molar-refractivity contribution in [1.82, 2.24) is 0 Å². The third-order valence-corrected chi connectivity index (χ3v) is 5.17. The highest BCUT2D eigenvalue weighted by Gasteiger charge is 2.06. The minimum atomic E-state index is -0.241. The summed E-state index contributed by atoms with van der Waals surface area (Å²) in [4.78, 5) is 0. The van der Waals surface area contributed by atoms with Crippen LogP contribution in [0.25, 0.3) is 21.9 Å². The highest BCUT2D eigenvalue weighted by molar-refractivity contribution is 5.85. The van der Waals surface area contributed by atoms with E-state index < -0.39 is 0 Å². The third kappa shape index (κ3) is 4.23. The maximum absolute atomic E-state index is 14.9. The number of hydrogen-bond acceptors (Lipinski definition) is 0. The van der Waals surface area contributed by atoms with Crippen LogP contribution in [0.15, 0.2) is 78.9 Å². The molecule has 4 aromatic carbocycles. The van der Waals surface area contributed by atoms with Gasteiger partial charge in [0.25, 0.3) is 0 Å². The molecule has 0 aliphatic carbocycles. The molecule has 0 spiro atoms. The van der Waals surface area contributed by atoms with E-state index in [1.54, 1.807) is 6.07 Å². The van der Waals surface area contributed by atoms with Crippen LogP contribution in [0.3, 0.4) is 0 Å². The topological polar surface area (TPSA) is 0 Å². The second-order valence-corrected chi connectivity index (χ2v) is 7.43. The molecule has 0 unspecified atom stereocenters. The molecule has 0 aromatic heterocycles. The molecule has 1 heteroatoms. The quantitative estimate of drug-likeness (QED) is 0.328. The lowest BCUT2D eigenvalue weighted by atomic mass is 10.0. The summed E-state index contributed by atoms with van der Waals surface area (Å²) in [5.41, 5.74) is 6.12. The predicted octanol–water partition coefficient (Wildman–Crippen LogP) is 7.31. The Kier molecular flexibility index (Phi) is 5.45. The van der Waals surface area contributed by atoms with E-state index in [2.05, 4.69) is 68.2 Å². The standard InChI is InChI=1S/C28H23F/c1-3-4-22-10-18-27-26(19-22)17-16-25(28(27)29)15-9-21-7-13-24(14-8-21)23-11-5-20(2)6-12-23/h5-8,10-14,16-19H,3-4H2,1-2H3. The Bertz CT molecular complexity index is 1200. The van der Waals surface area contributed by atoms with E-state index in [-0.39, 0.29) is 5.82 Å². The monoisotopic (exact) mass is 378 g/mol. The Morgan fingerprint density at radius 2 is 1.45 bits per heavy atom. The van der Waals surface area contributed by atoms with Gasteiger partial charge in [-0.25, -0.2) is 4.39 Å². The average Bonchev–Trinajstić information content (AvgIpc) is 2.75. The van der Waals surface area contributed by atoms with E-state index >= 15 is 0 Å². The van der Waals surface area contributed by atoms with Gasteiger partial charge in [-0.2, -0.15) is 0 Å². The minimum Gasteiger partial charge on any atom is -0.205 e. The molecule has 0 saturated heterocycles. The molecule has 0 saturated carbocycles. The molecule has 0 N–H and O–H groups in total. The van der Waals surface area contributed by atoms with E-state index in [4.69, 9.17) is 0 Å². The Morgan fingerprint density at radius 1 is 0.759 bits per heavy atom. The summed E-state index contributed by atoms with van der Waals surface area (Å²) in [5.74, 6) is 5.86. The number of benzene rings is 4. The summed E-state index contributed by atoms with van der Waals surface area (Å²) >= 11 is 0. The first-order valence-electron chi connectivity index (χ1n) is 10.0. The van der Waals surface area contributed by atoms with E-state index in [1.165, 1.54) is 16.7 Å². The molecular weight excluding hydrogens is 355 g/mol. The van der Waals surface area contributed by atoms with Crippen molar-refractivity contribution in [2.24, 2.45) is 0 Å². The molecule has 0 aliphatic rings. The zero-order chi connectivity index (χ0) is 20.2. The van der Waals surface area contributed by atoms with E-state index in [0.717, 1.165) is 29.4 Å². The molecule has 4 aromatic rings. The lowest BCUT2D eigenvalue weighted by molar-refractivity contribution is 0.636. The van der Waals surface area contributed by atoms with Crippen molar-refractivity contribution in [2.45, 2.75) is 26.7 Å². The van der Waals surface area contributed by atoms with E-state index in [1.807, 2.05) is 30.3 Å². The molecule has 0 nitrogen and oxygen atoms in total. The highest BCUT2D eigenvalue weighted by atomic mass is 19.1. The van der Waals surface area contributed by atoms with E-state index in [9.17, 15) is 4.39 Å². The summed E-state index contributed by atoms with van der Waals surface area (Å²) < 4.78 is 14.9. The number of fused-ring (bicyclic) bond motifs is 1. The van der Waals surface area contributed by atoms with Crippen molar-refractivity contribution in [1.29, 1.82) is 0 Å². The van der Waals surface area contributed by atoms with Crippen molar-refractivity contribution in [2.75, 3.05) is 0 Å². The van der Waals surface area contributed by atoms with Gasteiger partial charge in [0.15, 0.2) is 0 Å². The molecule has 0 aliphatic heterocycles. The molecule has 0 bridgehead atoms. The van der Waals surface area contributed by atoms with Gasteiger partial charge in [0.05, 0.1) is 5.56 Å². The fraction of sp³-hybridized carbons (Fsp3) is 0.143. The first-order valence-corrected chi connectivity index (χ1v) is 10.0. The molecule has 0 atom stereocenters. The van der Waals surface area contributed by atoms with Gasteiger partial charge in [-0.3, -0.25) is 0 Å². The van der Waals surface area contributed by atoms with Gasteiger partial charge in [-0.1, -0.05) is 91.4 Å². The van der Waals surface area contributed by atoms with Crippen LogP contribution in [0.2, 0.25) is 0 Å². The van der Waals surface area contributed by atoms with Crippen LogP contribution in [-0.2, 0) is 6.42 Å². The van der Waals surface area contributed by atoms with Crippen LogP contribution in [0.5, 0.6) is 0 Å². The molecule has 0 heterocycles. The fourth-order valence-corrected chi connectivity index (χ4v) is 3.51. The van der Waals surface area contributed by atoms with E-state index in [0.29, 0.717) is 10.9 Å². The Labute approximate surface area is 172 Å². The summed E-state index contributed by atoms with van der Waals surface area (Å²) in [6, 6.07) is 26.2. The van der Waals surface area contributed by atoms with Gasteiger partial charge in [-0.15, -0.1) is 0 Å². The summed E-state index contributed by atoms with van der Waals surface area (Å²) in [6.07, 6.45) is 2.10. The van der Waals surface area contributed by atoms with Gasteiger partial charge in [0, 0.05) is 10.9 Å². The number of aryl methyl sites for hydroxylation is 2. The number of halogens is 1. The number of hydrogen-bond donors (Lipinski definition) is 0. The second-order valence-electron chi connectivity index (χ2n) is 7.43. The molecule has 0 amide bonds. The normalized spacial score (nSPS) is 10.6. The molecule has 29 heavy (non-hydrogen) atoms. The van der Waals surface area contributed by atoms with Gasteiger partial charge in [0.1, 0.15) is 5.82 Å². The lowest BCUT2D eigenvalue weighted by Gasteiger charge is -2.05. The van der Waals surface area contributed by atoms with Gasteiger partial charge < -0.3 is 0 Å². The summed E-state index contributed by atoms with van der Waals surface area (Å²) in [5, 5.41) is 1.56. The average molecular weight is 378 g/mol. The lowest BCUT2D eigenvalue weighted by Crippen LogP contribution is -1.89. The van der Waals surface area contributed by atoms with Crippen molar-refractivity contribution < 1.29 is 4.39 Å². The zero-order valence-corrected chi connectivity index (χ0v) is 16.8. The van der Waals surface area contributed by atoms with Crippen LogP contribution >= 0.6 is 0 Å². The molecule has 142 valence electrons. The Hall–Kier alpha value is -3.37. The van der Waals surface area contributed by atoms with Crippen LogP contribution in [0.4, 0.5) is 4.39 Å². The van der Waals surface area contributed by atoms with Crippen LogP contribution in [0.1, 0.15) is 35.6 Å². The Balaban J connectivity index is 1.59. The minimum absolute atomic E-state index is 0.241. The maximum atomic E-state index is 14.9. The summed E-state index contributed by atoms with van der Waals surface area (Å²) in [7, 11) is 0. The van der Waals surface area contributed by atoms with Crippen molar-refractivity contribution in [3.63, 3.8) is 0 Å². The zero-order valence-electron chi connectivity index (χ0n) is 16.8. The van der Waals surface area contributed by atoms with Crippen LogP contribution in [0, 0.1) is 24.6 Å². The highest BCUT2D eigenvalue weighted by Crippen LogP contribution is 2.23. The summed E-state index contributed by atoms with van der Waals surface area (Å²) in [6.45, 7) is 4.23. The van der Waals surface area contributed by atoms with Gasteiger partial charge >= 0.3 is 0 Å². The number of rotatable bonds is 3. The van der Waals surface area contributed by atoms with Crippen molar-refractivity contribution in [3.05, 3.63) is 107 Å². The van der Waals surface area contributed by atoms with Gasteiger partial charge in [-0.05, 0) is 53.6 Å². The first kappa shape index (κ1) is 19.0. The smallest absolute Gasteiger partial charge is 0.146 e. The van der Waals surface area contributed by atoms with Gasteiger partial charge in [0.2, 0.25) is 0 Å². The molecule has 0 fully saturated rings. The van der Waals surface area contributed by atoms with Crippen LogP contribution < -0.4 is 0 Å². The third-order valence-electron chi connectivity index (χ3n) is 5.17. The SMILES string of the molecule is CCCc1ccc2c(F)c(C#Cc3ccc(-c4ccc(C)cc4)cc3)ccc2c1. The maximum Gasteiger partial charge on any atom is 0.146 e. The largest absolute Gasteiger partial charge is 0.205 e. The second kappa shape index (κ2) is 8.33. The fourth-order valence-electron chi connectivity index (χ4n) is 3.51. The molecule has 4 rings (SSSR count). The molecule has 0 radical (unpaired) electrons. The van der Waals surface area contributed by atoms with Crippen molar-refractivity contribution >= 4 is 10.8 Å². The van der Waals surface area contributed by atoms with Crippen LogP contribution in [-0.4, -0.2) is 0 Å².